The van der Waals surface area contributed by atoms with Gasteiger partial charge in [-0.1, -0.05) is 26.0 Å². The number of anilines is 1. The van der Waals surface area contributed by atoms with E-state index < -0.39 is 29.2 Å². The molecule has 0 unspecified atom stereocenters. The van der Waals surface area contributed by atoms with Crippen molar-refractivity contribution in [3.8, 4) is 11.5 Å². The van der Waals surface area contributed by atoms with E-state index in [1.54, 1.807) is 24.0 Å². The third kappa shape index (κ3) is 9.48. The van der Waals surface area contributed by atoms with Crippen LogP contribution in [0, 0.1) is 11.6 Å². The van der Waals surface area contributed by atoms with Gasteiger partial charge in [0.2, 0.25) is 5.89 Å². The number of aliphatic hydroxyl groups excluding tert-OH is 1. The van der Waals surface area contributed by atoms with Gasteiger partial charge in [0.05, 0.1) is 17.8 Å². The summed E-state index contributed by atoms with van der Waals surface area (Å²) in [5.74, 6) is -2.12. The molecule has 0 saturated heterocycles. The van der Waals surface area contributed by atoms with Gasteiger partial charge in [-0.15, -0.1) is 0 Å². The lowest BCUT2D eigenvalue weighted by Gasteiger charge is -2.36. The second kappa shape index (κ2) is 16.5. The molecular formula is C37H45F2N5O4. The minimum Gasteiger partial charge on any atom is -0.445 e. The lowest BCUT2D eigenvalue weighted by Crippen LogP contribution is -2.58. The summed E-state index contributed by atoms with van der Waals surface area (Å²) < 4.78 is 34.0. The molecule has 0 bridgehead atoms. The Labute approximate surface area is 281 Å². The van der Waals surface area contributed by atoms with Gasteiger partial charge in [0.1, 0.15) is 17.9 Å². The van der Waals surface area contributed by atoms with Crippen LogP contribution < -0.4 is 15.5 Å². The molecule has 0 spiro atoms. The molecule has 0 aliphatic rings. The molecule has 48 heavy (non-hydrogen) atoms. The van der Waals surface area contributed by atoms with Crippen LogP contribution in [0.1, 0.15) is 65.5 Å². The van der Waals surface area contributed by atoms with Crippen LogP contribution in [0.4, 0.5) is 14.5 Å². The molecule has 3 aromatic carbocycles. The number of rotatable bonds is 16. The zero-order valence-electron chi connectivity index (χ0n) is 28.2. The molecule has 1 aromatic heterocycles. The zero-order valence-corrected chi connectivity index (χ0v) is 28.2. The van der Waals surface area contributed by atoms with Crippen molar-refractivity contribution in [2.75, 3.05) is 38.6 Å². The molecule has 0 aliphatic carbocycles. The van der Waals surface area contributed by atoms with Crippen LogP contribution in [0.2, 0.25) is 0 Å². The van der Waals surface area contributed by atoms with Crippen LogP contribution in [0.15, 0.2) is 77.5 Å². The van der Waals surface area contributed by atoms with E-state index in [1.807, 2.05) is 57.1 Å². The number of hydrogen-bond acceptors (Lipinski definition) is 7. The first kappa shape index (κ1) is 36.2. The largest absolute Gasteiger partial charge is 0.445 e. The fraction of sp³-hybridized carbons (Fsp3) is 0.378. The Morgan fingerprint density at radius 2 is 1.65 bits per heavy atom. The first-order chi connectivity index (χ1) is 22.9. The molecule has 4 aromatic rings. The molecule has 0 fully saturated rings. The zero-order chi connectivity index (χ0) is 34.8. The number of halogens is 2. The van der Waals surface area contributed by atoms with Crippen molar-refractivity contribution in [1.82, 2.24) is 20.5 Å². The van der Waals surface area contributed by atoms with E-state index in [0.29, 0.717) is 25.2 Å². The molecule has 2 atom stereocenters. The SMILES string of the molecule is CCCN(CCC)C(=O)c1cc(C(=O)N[C@@](C)(Cc2cc(F)cc(F)c2)[C@H](O)CNCc2cccc(N(C)C)c2)cc(-c2ncco2)c1. The van der Waals surface area contributed by atoms with Crippen molar-refractivity contribution in [2.45, 2.75) is 58.2 Å². The average molecular weight is 662 g/mol. The van der Waals surface area contributed by atoms with Crippen molar-refractivity contribution in [3.05, 3.63) is 107 Å². The fourth-order valence-electron chi connectivity index (χ4n) is 5.65. The van der Waals surface area contributed by atoms with Gasteiger partial charge in [0.25, 0.3) is 11.8 Å². The maximum atomic E-state index is 14.2. The summed E-state index contributed by atoms with van der Waals surface area (Å²) in [6.07, 6.45) is 3.14. The van der Waals surface area contributed by atoms with E-state index in [9.17, 15) is 23.5 Å². The molecule has 1 heterocycles. The predicted octanol–water partition coefficient (Wildman–Crippen LogP) is 5.83. The summed E-state index contributed by atoms with van der Waals surface area (Å²) in [6.45, 7) is 7.21. The highest BCUT2D eigenvalue weighted by Crippen LogP contribution is 2.25. The van der Waals surface area contributed by atoms with Crippen molar-refractivity contribution >= 4 is 17.5 Å². The molecule has 11 heteroatoms. The number of aromatic nitrogens is 1. The molecule has 0 aliphatic heterocycles. The van der Waals surface area contributed by atoms with E-state index >= 15 is 0 Å². The number of carbonyl (C=O) groups excluding carboxylic acids is 2. The molecule has 2 amide bonds. The molecule has 0 saturated carbocycles. The van der Waals surface area contributed by atoms with Gasteiger partial charge in [-0.05, 0) is 79.8 Å². The predicted molar refractivity (Wildman–Crippen MR) is 183 cm³/mol. The van der Waals surface area contributed by atoms with Gasteiger partial charge < -0.3 is 30.0 Å². The van der Waals surface area contributed by atoms with Gasteiger partial charge in [-0.2, -0.15) is 0 Å². The lowest BCUT2D eigenvalue weighted by atomic mass is 9.86. The van der Waals surface area contributed by atoms with E-state index in [0.717, 1.165) is 30.2 Å². The Hall–Kier alpha value is -4.61. The Bertz CT molecular complexity index is 1650. The van der Waals surface area contributed by atoms with Crippen LogP contribution in [-0.2, 0) is 13.0 Å². The van der Waals surface area contributed by atoms with Gasteiger partial charge >= 0.3 is 0 Å². The molecule has 0 radical (unpaired) electrons. The fourth-order valence-corrected chi connectivity index (χ4v) is 5.65. The standard InChI is InChI=1S/C37H45F2N5O4/c1-6-12-44(13-7-2)36(47)29-19-27(18-28(20-29)35-41-11-14-48-35)34(46)42-37(3,22-26-15-30(38)21-31(39)16-26)33(45)24-40-23-25-9-8-10-32(17-25)43(4)5/h8-11,14-21,33,40,45H,6-7,12-13,22-24H2,1-5H3,(H,42,46)/t33-,37+/m1/s1. The topological polar surface area (TPSA) is 111 Å². The summed E-state index contributed by atoms with van der Waals surface area (Å²) in [6, 6.07) is 15.8. The van der Waals surface area contributed by atoms with Crippen LogP contribution in [-0.4, -0.2) is 72.2 Å². The summed E-state index contributed by atoms with van der Waals surface area (Å²) in [5.41, 5.74) is 1.74. The number of hydrogen-bond donors (Lipinski definition) is 3. The number of nitrogens with zero attached hydrogens (tertiary/aromatic N) is 3. The molecule has 3 N–H and O–H groups in total. The van der Waals surface area contributed by atoms with Crippen LogP contribution in [0.3, 0.4) is 0 Å². The third-order valence-electron chi connectivity index (χ3n) is 8.12. The molecule has 256 valence electrons. The second-order valence-corrected chi connectivity index (χ2v) is 12.5. The minimum atomic E-state index is -1.39. The van der Waals surface area contributed by atoms with Gasteiger partial charge in [0, 0.05) is 68.7 Å². The maximum Gasteiger partial charge on any atom is 0.253 e. The number of carbonyl (C=O) groups is 2. The Morgan fingerprint density at radius 1 is 0.958 bits per heavy atom. The summed E-state index contributed by atoms with van der Waals surface area (Å²) >= 11 is 0. The quantitative estimate of drug-likeness (QED) is 0.139. The van der Waals surface area contributed by atoms with Crippen LogP contribution in [0.25, 0.3) is 11.5 Å². The van der Waals surface area contributed by atoms with Crippen molar-refractivity contribution in [1.29, 1.82) is 0 Å². The van der Waals surface area contributed by atoms with E-state index in [2.05, 4.69) is 15.6 Å². The highest BCUT2D eigenvalue weighted by molar-refractivity contribution is 6.01. The summed E-state index contributed by atoms with van der Waals surface area (Å²) in [7, 11) is 3.90. The average Bonchev–Trinajstić information content (AvgIpc) is 3.59. The number of nitrogens with one attached hydrogen (secondary N) is 2. The van der Waals surface area contributed by atoms with Gasteiger partial charge in [-0.25, -0.2) is 13.8 Å². The van der Waals surface area contributed by atoms with Crippen molar-refractivity contribution in [2.24, 2.45) is 0 Å². The minimum absolute atomic E-state index is 0.0594. The lowest BCUT2D eigenvalue weighted by molar-refractivity contribution is 0.0566. The third-order valence-corrected chi connectivity index (χ3v) is 8.12. The van der Waals surface area contributed by atoms with Crippen LogP contribution >= 0.6 is 0 Å². The highest BCUT2D eigenvalue weighted by Gasteiger charge is 2.36. The van der Waals surface area contributed by atoms with Crippen molar-refractivity contribution < 1.29 is 27.9 Å². The Balaban J connectivity index is 1.65. The highest BCUT2D eigenvalue weighted by atomic mass is 19.1. The summed E-state index contributed by atoms with van der Waals surface area (Å²) in [5, 5.41) is 17.7. The first-order valence-corrected chi connectivity index (χ1v) is 16.2. The molecular weight excluding hydrogens is 616 g/mol. The van der Waals surface area contributed by atoms with Gasteiger partial charge in [-0.3, -0.25) is 9.59 Å². The Morgan fingerprint density at radius 3 is 2.27 bits per heavy atom. The normalized spacial score (nSPS) is 13.1. The molecule has 9 nitrogen and oxygen atoms in total. The van der Waals surface area contributed by atoms with E-state index in [-0.39, 0.29) is 41.5 Å². The maximum absolute atomic E-state index is 14.2. The first-order valence-electron chi connectivity index (χ1n) is 16.2. The monoisotopic (exact) mass is 661 g/mol. The van der Waals surface area contributed by atoms with E-state index in [4.69, 9.17) is 4.42 Å². The number of amides is 2. The summed E-state index contributed by atoms with van der Waals surface area (Å²) in [4.78, 5) is 35.6. The number of benzene rings is 3. The van der Waals surface area contributed by atoms with Gasteiger partial charge in [0.15, 0.2) is 0 Å². The molecule has 4 rings (SSSR count). The van der Waals surface area contributed by atoms with Crippen molar-refractivity contribution in [3.63, 3.8) is 0 Å². The number of oxazole rings is 1. The number of aliphatic hydroxyl groups is 1. The smallest absolute Gasteiger partial charge is 0.253 e. The van der Waals surface area contributed by atoms with E-state index in [1.165, 1.54) is 30.7 Å². The Kier molecular flexibility index (Phi) is 12.4. The van der Waals surface area contributed by atoms with Crippen LogP contribution in [0.5, 0.6) is 0 Å². The second-order valence-electron chi connectivity index (χ2n) is 12.5.